The molecule has 0 saturated heterocycles. The Hall–Kier alpha value is -3.07. The van der Waals surface area contributed by atoms with E-state index in [1.807, 2.05) is 0 Å². The normalized spacial score (nSPS) is 12.7. The molecule has 2 aromatic carbocycles. The van der Waals surface area contributed by atoms with Gasteiger partial charge in [-0.1, -0.05) is 30.3 Å². The van der Waals surface area contributed by atoms with E-state index in [4.69, 9.17) is 5.73 Å². The van der Waals surface area contributed by atoms with Crippen molar-refractivity contribution in [1.29, 1.82) is 0 Å². The molecule has 0 aliphatic rings. The molecule has 8 nitrogen and oxygen atoms in total. The van der Waals surface area contributed by atoms with Gasteiger partial charge in [-0.2, -0.15) is 0 Å². The summed E-state index contributed by atoms with van der Waals surface area (Å²) in [6.45, 7) is 0. The van der Waals surface area contributed by atoms with Crippen molar-refractivity contribution in [1.82, 2.24) is 5.32 Å². The monoisotopic (exact) mass is 389 g/mol. The topological polar surface area (TPSA) is 132 Å². The van der Waals surface area contributed by atoms with E-state index in [1.54, 1.807) is 36.4 Å². The van der Waals surface area contributed by atoms with Crippen molar-refractivity contribution in [3.63, 3.8) is 0 Å². The first-order valence-corrected chi connectivity index (χ1v) is 9.44. The van der Waals surface area contributed by atoms with Gasteiger partial charge in [0.25, 0.3) is 5.69 Å². The van der Waals surface area contributed by atoms with Gasteiger partial charge in [0.1, 0.15) is 6.04 Å². The van der Waals surface area contributed by atoms with Gasteiger partial charge in [-0.25, -0.2) is 0 Å². The summed E-state index contributed by atoms with van der Waals surface area (Å²) in [4.78, 5) is 34.6. The van der Waals surface area contributed by atoms with E-state index >= 15 is 0 Å². The van der Waals surface area contributed by atoms with Crippen LogP contribution in [-0.2, 0) is 26.8 Å². The second-order valence-corrected chi connectivity index (χ2v) is 7.35. The van der Waals surface area contributed by atoms with E-state index in [2.05, 4.69) is 5.32 Å². The number of nitrogens with zero attached hydrogens (tertiary/aromatic N) is 1. The first-order chi connectivity index (χ1) is 12.9. The van der Waals surface area contributed by atoms with Crippen molar-refractivity contribution in [2.24, 2.45) is 5.73 Å². The number of non-ortho nitro benzene ring substituents is 1. The number of nitrogens with two attached hydrogens (primary N) is 1. The molecular weight excluding hydrogens is 370 g/mol. The third-order valence-electron chi connectivity index (χ3n) is 3.76. The summed E-state index contributed by atoms with van der Waals surface area (Å²) in [6, 6.07) is 13.5. The highest BCUT2D eigenvalue weighted by molar-refractivity contribution is 7.85. The number of hydrogen-bond donors (Lipinski definition) is 2. The number of carbonyl (C=O) groups is 2. The average Bonchev–Trinajstić information content (AvgIpc) is 2.65. The van der Waals surface area contributed by atoms with Gasteiger partial charge in [-0.3, -0.25) is 23.9 Å². The number of nitro benzene ring substituents is 1. The molecule has 0 unspecified atom stereocenters. The van der Waals surface area contributed by atoms with Crippen LogP contribution in [0, 0.1) is 10.1 Å². The first kappa shape index (κ1) is 20.2. The van der Waals surface area contributed by atoms with Crippen molar-refractivity contribution >= 4 is 28.3 Å². The van der Waals surface area contributed by atoms with Gasteiger partial charge in [0.2, 0.25) is 11.8 Å². The fourth-order valence-electron chi connectivity index (χ4n) is 2.41. The molecule has 0 spiro atoms. The Morgan fingerprint density at radius 3 is 2.48 bits per heavy atom. The number of carbonyl (C=O) groups excluding carboxylic acids is 2. The molecule has 0 aliphatic carbocycles. The molecule has 142 valence electrons. The van der Waals surface area contributed by atoms with Crippen LogP contribution in [-0.4, -0.2) is 32.7 Å². The zero-order valence-electron chi connectivity index (χ0n) is 14.4. The number of nitrogens with one attached hydrogen (secondary N) is 1. The molecule has 2 amide bonds. The zero-order chi connectivity index (χ0) is 19.8. The van der Waals surface area contributed by atoms with Crippen molar-refractivity contribution < 1.29 is 18.7 Å². The van der Waals surface area contributed by atoms with Gasteiger partial charge >= 0.3 is 0 Å². The molecule has 0 radical (unpaired) electrons. The van der Waals surface area contributed by atoms with Crippen LogP contribution >= 0.6 is 0 Å². The van der Waals surface area contributed by atoms with E-state index in [0.717, 1.165) is 0 Å². The molecule has 2 rings (SSSR count). The molecule has 0 aliphatic heterocycles. The van der Waals surface area contributed by atoms with Crippen LogP contribution in [0.3, 0.4) is 0 Å². The van der Waals surface area contributed by atoms with Gasteiger partial charge in [0, 0.05) is 22.8 Å². The standard InChI is InChI=1S/C18H19N3O5S/c19-18(23)16(9-10-27(26)15-7-2-1-3-8-15)20-17(22)12-13-5-4-6-14(11-13)21(24)25/h1-8,11,16H,9-10,12H2,(H2,19,23)(H,20,22)/t16-,27-/m1/s1. The van der Waals surface area contributed by atoms with E-state index in [9.17, 15) is 23.9 Å². The predicted molar refractivity (Wildman–Crippen MR) is 100 cm³/mol. The molecule has 0 saturated carbocycles. The number of rotatable bonds is 9. The van der Waals surface area contributed by atoms with Gasteiger partial charge in [0.15, 0.2) is 0 Å². The largest absolute Gasteiger partial charge is 0.368 e. The Bertz CT molecular complexity index is 857. The summed E-state index contributed by atoms with van der Waals surface area (Å²) in [6.07, 6.45) is -0.00918. The SMILES string of the molecule is NC(=O)[C@@H](CC[S@@](=O)c1ccccc1)NC(=O)Cc1cccc([N+](=O)[O-])c1. The Labute approximate surface area is 158 Å². The van der Waals surface area contributed by atoms with Crippen molar-refractivity contribution in [3.05, 3.63) is 70.3 Å². The highest BCUT2D eigenvalue weighted by Crippen LogP contribution is 2.13. The summed E-state index contributed by atoms with van der Waals surface area (Å²) in [7, 11) is -1.32. The quantitative estimate of drug-likeness (QED) is 0.493. The minimum Gasteiger partial charge on any atom is -0.368 e. The van der Waals surface area contributed by atoms with Crippen LogP contribution in [0.2, 0.25) is 0 Å². The van der Waals surface area contributed by atoms with Crippen molar-refractivity contribution in [2.75, 3.05) is 5.75 Å². The van der Waals surface area contributed by atoms with Crippen molar-refractivity contribution in [2.45, 2.75) is 23.8 Å². The third kappa shape index (κ3) is 6.30. The summed E-state index contributed by atoms with van der Waals surface area (Å²) in [5.41, 5.74) is 5.65. The summed E-state index contributed by atoms with van der Waals surface area (Å²) in [5.74, 6) is -1.06. The summed E-state index contributed by atoms with van der Waals surface area (Å²) in [5, 5.41) is 13.3. The highest BCUT2D eigenvalue weighted by atomic mass is 32.2. The Morgan fingerprint density at radius 1 is 1.15 bits per heavy atom. The number of nitro groups is 1. The van der Waals surface area contributed by atoms with Crippen LogP contribution < -0.4 is 11.1 Å². The van der Waals surface area contributed by atoms with E-state index < -0.39 is 33.6 Å². The molecule has 0 fully saturated rings. The minimum atomic E-state index is -1.32. The van der Waals surface area contributed by atoms with Crippen LogP contribution in [0.25, 0.3) is 0 Å². The second kappa shape index (κ2) is 9.58. The Balaban J connectivity index is 1.94. The summed E-state index contributed by atoms with van der Waals surface area (Å²) >= 11 is 0. The van der Waals surface area contributed by atoms with E-state index in [1.165, 1.54) is 18.2 Å². The fraction of sp³-hybridized carbons (Fsp3) is 0.222. The Morgan fingerprint density at radius 2 is 1.85 bits per heavy atom. The third-order valence-corrected chi connectivity index (χ3v) is 5.17. The van der Waals surface area contributed by atoms with Gasteiger partial charge < -0.3 is 11.1 Å². The average molecular weight is 389 g/mol. The summed E-state index contributed by atoms with van der Waals surface area (Å²) < 4.78 is 12.2. The molecule has 0 bridgehead atoms. The van der Waals surface area contributed by atoms with E-state index in [-0.39, 0.29) is 24.3 Å². The molecule has 2 aromatic rings. The number of primary amides is 1. The minimum absolute atomic E-state index is 0.120. The van der Waals surface area contributed by atoms with Gasteiger partial charge in [-0.15, -0.1) is 0 Å². The van der Waals surface area contributed by atoms with Crippen LogP contribution in [0.4, 0.5) is 5.69 Å². The van der Waals surface area contributed by atoms with Crippen LogP contribution in [0.15, 0.2) is 59.5 Å². The number of amides is 2. The smallest absolute Gasteiger partial charge is 0.269 e. The molecule has 9 heteroatoms. The molecule has 2 atom stereocenters. The van der Waals surface area contributed by atoms with Crippen LogP contribution in [0.5, 0.6) is 0 Å². The molecular formula is C18H19N3O5S. The number of benzene rings is 2. The fourth-order valence-corrected chi connectivity index (χ4v) is 3.56. The number of hydrogen-bond acceptors (Lipinski definition) is 5. The lowest BCUT2D eigenvalue weighted by Crippen LogP contribution is -2.45. The molecule has 3 N–H and O–H groups in total. The highest BCUT2D eigenvalue weighted by Gasteiger charge is 2.20. The lowest BCUT2D eigenvalue weighted by Gasteiger charge is -2.15. The lowest BCUT2D eigenvalue weighted by molar-refractivity contribution is -0.384. The molecule has 0 aromatic heterocycles. The maximum absolute atomic E-state index is 12.2. The lowest BCUT2D eigenvalue weighted by atomic mass is 10.1. The van der Waals surface area contributed by atoms with Gasteiger partial charge in [-0.05, 0) is 24.1 Å². The zero-order valence-corrected chi connectivity index (χ0v) is 15.2. The first-order valence-electron chi connectivity index (χ1n) is 8.12. The maximum Gasteiger partial charge on any atom is 0.269 e. The maximum atomic E-state index is 12.2. The van der Waals surface area contributed by atoms with Gasteiger partial charge in [0.05, 0.1) is 22.1 Å². The Kier molecular flexibility index (Phi) is 7.18. The van der Waals surface area contributed by atoms with E-state index in [0.29, 0.717) is 10.5 Å². The van der Waals surface area contributed by atoms with Crippen LogP contribution in [0.1, 0.15) is 12.0 Å². The predicted octanol–water partition coefficient (Wildman–Crippen LogP) is 1.31. The molecule has 0 heterocycles. The van der Waals surface area contributed by atoms with Crippen molar-refractivity contribution in [3.8, 4) is 0 Å². The molecule has 27 heavy (non-hydrogen) atoms. The second-order valence-electron chi connectivity index (χ2n) is 5.78.